The molecule has 1 amide bonds. The average molecular weight is 431 g/mol. The van der Waals surface area contributed by atoms with Crippen LogP contribution in [0.3, 0.4) is 0 Å². The minimum absolute atomic E-state index is 0.0300. The first kappa shape index (κ1) is 23.5. The van der Waals surface area contributed by atoms with E-state index in [1.807, 2.05) is 23.2 Å². The van der Waals surface area contributed by atoms with E-state index in [1.165, 1.54) is 0 Å². The third kappa shape index (κ3) is 7.20. The monoisotopic (exact) mass is 430 g/mol. The number of nitrogens with zero attached hydrogens (tertiary/aromatic N) is 4. The molecule has 7 nitrogen and oxygen atoms in total. The van der Waals surface area contributed by atoms with E-state index in [2.05, 4.69) is 41.6 Å². The SMILES string of the molecule is CC(C)(C)CC(=O)N1CCC(CC(=O)O)C(CCN2CCN(c3ccccn3)CC2)C1. The third-order valence-electron chi connectivity index (χ3n) is 6.52. The number of pyridine rings is 1. The maximum absolute atomic E-state index is 12.8. The van der Waals surface area contributed by atoms with Crippen LogP contribution in [0.5, 0.6) is 0 Å². The van der Waals surface area contributed by atoms with E-state index in [0.29, 0.717) is 19.5 Å². The van der Waals surface area contributed by atoms with Crippen molar-refractivity contribution in [1.82, 2.24) is 14.8 Å². The first-order chi connectivity index (χ1) is 14.7. The van der Waals surface area contributed by atoms with Crippen molar-refractivity contribution in [1.29, 1.82) is 0 Å². The summed E-state index contributed by atoms with van der Waals surface area (Å²) in [5.74, 6) is 0.918. The van der Waals surface area contributed by atoms with Crippen LogP contribution in [0.15, 0.2) is 24.4 Å². The molecule has 172 valence electrons. The Hall–Kier alpha value is -2.15. The Bertz CT molecular complexity index is 726. The molecule has 2 saturated heterocycles. The molecule has 31 heavy (non-hydrogen) atoms. The lowest BCUT2D eigenvalue weighted by molar-refractivity contribution is -0.140. The largest absolute Gasteiger partial charge is 0.481 e. The molecule has 1 aromatic rings. The summed E-state index contributed by atoms with van der Waals surface area (Å²) >= 11 is 0. The summed E-state index contributed by atoms with van der Waals surface area (Å²) < 4.78 is 0. The number of carboxylic acid groups (broad SMARTS) is 1. The van der Waals surface area contributed by atoms with Gasteiger partial charge in [0, 0.05) is 58.3 Å². The quantitative estimate of drug-likeness (QED) is 0.717. The van der Waals surface area contributed by atoms with Gasteiger partial charge in [-0.05, 0) is 48.8 Å². The third-order valence-corrected chi connectivity index (χ3v) is 6.52. The summed E-state index contributed by atoms with van der Waals surface area (Å²) in [6, 6.07) is 6.01. The van der Waals surface area contributed by atoms with Gasteiger partial charge < -0.3 is 14.9 Å². The van der Waals surface area contributed by atoms with Crippen LogP contribution in [0.25, 0.3) is 0 Å². The number of carbonyl (C=O) groups excluding carboxylic acids is 1. The van der Waals surface area contributed by atoms with Gasteiger partial charge in [0.15, 0.2) is 0 Å². The lowest BCUT2D eigenvalue weighted by Gasteiger charge is -2.41. The lowest BCUT2D eigenvalue weighted by atomic mass is 9.80. The second-order valence-corrected chi connectivity index (χ2v) is 10.3. The van der Waals surface area contributed by atoms with Crippen LogP contribution in [0.1, 0.15) is 46.5 Å². The number of anilines is 1. The Morgan fingerprint density at radius 2 is 1.84 bits per heavy atom. The summed E-state index contributed by atoms with van der Waals surface area (Å²) in [5.41, 5.74) is -0.0300. The number of piperidine rings is 1. The van der Waals surface area contributed by atoms with Crippen molar-refractivity contribution in [2.75, 3.05) is 50.7 Å². The summed E-state index contributed by atoms with van der Waals surface area (Å²) in [6.07, 6.45) is 4.32. The molecular weight excluding hydrogens is 392 g/mol. The fraction of sp³-hybridized carbons (Fsp3) is 0.708. The van der Waals surface area contributed by atoms with Gasteiger partial charge in [0.1, 0.15) is 5.82 Å². The van der Waals surface area contributed by atoms with Crippen LogP contribution < -0.4 is 4.90 Å². The molecule has 0 aromatic carbocycles. The van der Waals surface area contributed by atoms with Crippen molar-refractivity contribution < 1.29 is 14.7 Å². The van der Waals surface area contributed by atoms with E-state index in [0.717, 1.165) is 51.4 Å². The second kappa shape index (κ2) is 10.4. The van der Waals surface area contributed by atoms with Gasteiger partial charge in [0.05, 0.1) is 0 Å². The molecule has 2 fully saturated rings. The van der Waals surface area contributed by atoms with E-state index in [4.69, 9.17) is 0 Å². The van der Waals surface area contributed by atoms with Gasteiger partial charge in [-0.2, -0.15) is 0 Å². The van der Waals surface area contributed by atoms with Gasteiger partial charge >= 0.3 is 5.97 Å². The molecule has 1 aromatic heterocycles. The normalized spacial score (nSPS) is 23.1. The van der Waals surface area contributed by atoms with Gasteiger partial charge in [0.25, 0.3) is 0 Å². The average Bonchev–Trinajstić information content (AvgIpc) is 2.72. The minimum Gasteiger partial charge on any atom is -0.481 e. The van der Waals surface area contributed by atoms with Crippen LogP contribution >= 0.6 is 0 Å². The number of carbonyl (C=O) groups is 2. The van der Waals surface area contributed by atoms with Crippen LogP contribution in [-0.4, -0.2) is 77.6 Å². The van der Waals surface area contributed by atoms with Crippen LogP contribution in [0.4, 0.5) is 5.82 Å². The highest BCUT2D eigenvalue weighted by Crippen LogP contribution is 2.31. The number of hydrogen-bond donors (Lipinski definition) is 1. The number of aromatic nitrogens is 1. The summed E-state index contributed by atoms with van der Waals surface area (Å²) in [5, 5.41) is 9.36. The lowest BCUT2D eigenvalue weighted by Crippen LogP contribution is -2.49. The second-order valence-electron chi connectivity index (χ2n) is 10.3. The minimum atomic E-state index is -0.728. The summed E-state index contributed by atoms with van der Waals surface area (Å²) in [6.45, 7) is 12.5. The molecule has 1 N–H and O–H groups in total. The number of hydrogen-bond acceptors (Lipinski definition) is 5. The van der Waals surface area contributed by atoms with E-state index in [-0.39, 0.29) is 29.6 Å². The van der Waals surface area contributed by atoms with Gasteiger partial charge in [-0.15, -0.1) is 0 Å². The Balaban J connectivity index is 1.52. The number of rotatable bonds is 7. The number of carboxylic acids is 1. The zero-order chi connectivity index (χ0) is 22.4. The summed E-state index contributed by atoms with van der Waals surface area (Å²) in [7, 11) is 0. The number of likely N-dealkylation sites (tertiary alicyclic amines) is 1. The number of piperazine rings is 1. The zero-order valence-electron chi connectivity index (χ0n) is 19.3. The molecule has 0 aliphatic carbocycles. The van der Waals surface area contributed by atoms with Crippen molar-refractivity contribution >= 4 is 17.7 Å². The topological polar surface area (TPSA) is 77.0 Å². The molecule has 2 atom stereocenters. The summed E-state index contributed by atoms with van der Waals surface area (Å²) in [4.78, 5) is 35.4. The Morgan fingerprint density at radius 3 is 2.45 bits per heavy atom. The molecule has 2 unspecified atom stereocenters. The molecule has 2 aliphatic heterocycles. The first-order valence-electron chi connectivity index (χ1n) is 11.6. The molecular formula is C24H38N4O3. The van der Waals surface area contributed by atoms with Gasteiger partial charge in [-0.25, -0.2) is 4.98 Å². The van der Waals surface area contributed by atoms with E-state index < -0.39 is 5.97 Å². The highest BCUT2D eigenvalue weighted by Gasteiger charge is 2.34. The molecule has 0 spiro atoms. The van der Waals surface area contributed by atoms with Crippen molar-refractivity contribution in [3.63, 3.8) is 0 Å². The number of amides is 1. The fourth-order valence-corrected chi connectivity index (χ4v) is 4.78. The molecule has 2 aliphatic rings. The Kier molecular flexibility index (Phi) is 7.92. The molecule has 0 saturated carbocycles. The highest BCUT2D eigenvalue weighted by molar-refractivity contribution is 5.77. The maximum atomic E-state index is 12.8. The predicted octanol–water partition coefficient (Wildman–Crippen LogP) is 2.97. The van der Waals surface area contributed by atoms with Crippen LogP contribution in [0.2, 0.25) is 0 Å². The van der Waals surface area contributed by atoms with E-state index in [1.54, 1.807) is 0 Å². The van der Waals surface area contributed by atoms with Gasteiger partial charge in [-0.3, -0.25) is 14.5 Å². The number of aliphatic carboxylic acids is 1. The molecule has 7 heteroatoms. The van der Waals surface area contributed by atoms with E-state index in [9.17, 15) is 14.7 Å². The van der Waals surface area contributed by atoms with Crippen molar-refractivity contribution in [2.24, 2.45) is 17.3 Å². The van der Waals surface area contributed by atoms with Crippen molar-refractivity contribution in [3.05, 3.63) is 24.4 Å². The van der Waals surface area contributed by atoms with Crippen LogP contribution in [0, 0.1) is 17.3 Å². The van der Waals surface area contributed by atoms with Gasteiger partial charge in [-0.1, -0.05) is 26.8 Å². The smallest absolute Gasteiger partial charge is 0.303 e. The van der Waals surface area contributed by atoms with Crippen molar-refractivity contribution in [2.45, 2.75) is 46.5 Å². The predicted molar refractivity (Wildman–Crippen MR) is 122 cm³/mol. The van der Waals surface area contributed by atoms with Gasteiger partial charge in [0.2, 0.25) is 5.91 Å². The first-order valence-corrected chi connectivity index (χ1v) is 11.6. The molecule has 0 bridgehead atoms. The standard InChI is InChI=1S/C24H38N4O3/c1-24(2,3)17-22(29)28-11-8-19(16-23(30)31)20(18-28)7-10-26-12-14-27(15-13-26)21-6-4-5-9-25-21/h4-6,9,19-20H,7-8,10-18H2,1-3H3,(H,30,31). The zero-order valence-corrected chi connectivity index (χ0v) is 19.3. The Morgan fingerprint density at radius 1 is 1.10 bits per heavy atom. The van der Waals surface area contributed by atoms with E-state index >= 15 is 0 Å². The van der Waals surface area contributed by atoms with Crippen molar-refractivity contribution in [3.8, 4) is 0 Å². The maximum Gasteiger partial charge on any atom is 0.303 e. The molecule has 0 radical (unpaired) electrons. The van der Waals surface area contributed by atoms with Crippen LogP contribution in [-0.2, 0) is 9.59 Å². The fourth-order valence-electron chi connectivity index (χ4n) is 4.78. The highest BCUT2D eigenvalue weighted by atomic mass is 16.4. The Labute approximate surface area is 186 Å². The molecule has 3 heterocycles. The molecule has 3 rings (SSSR count).